The minimum absolute atomic E-state index is 0.273. The van der Waals surface area contributed by atoms with Gasteiger partial charge in [-0.05, 0) is 29.5 Å². The molecule has 2 atom stereocenters. The maximum absolute atomic E-state index is 6.05. The van der Waals surface area contributed by atoms with Crippen molar-refractivity contribution >= 4 is 15.9 Å². The van der Waals surface area contributed by atoms with Crippen molar-refractivity contribution in [1.82, 2.24) is 0 Å². The Morgan fingerprint density at radius 3 is 2.36 bits per heavy atom. The number of halogens is 1. The fourth-order valence-corrected chi connectivity index (χ4v) is 2.51. The summed E-state index contributed by atoms with van der Waals surface area (Å²) >= 11 is 3.56. The van der Waals surface area contributed by atoms with Crippen LogP contribution in [0.1, 0.15) is 30.9 Å². The number of hydrogen-bond donors (Lipinski definition) is 1. The van der Waals surface area contributed by atoms with E-state index in [1.165, 1.54) is 15.6 Å². The van der Waals surface area contributed by atoms with Gasteiger partial charge in [0.05, 0.1) is 0 Å². The van der Waals surface area contributed by atoms with Gasteiger partial charge in [-0.2, -0.15) is 0 Å². The van der Waals surface area contributed by atoms with Crippen LogP contribution in [-0.2, 0) is 0 Å². The van der Waals surface area contributed by atoms with Gasteiger partial charge < -0.3 is 5.73 Å². The Labute approximate surface area is 93.8 Å². The lowest BCUT2D eigenvalue weighted by molar-refractivity contribution is 0.599. The van der Waals surface area contributed by atoms with Gasteiger partial charge in [-0.25, -0.2) is 0 Å². The van der Waals surface area contributed by atoms with Crippen LogP contribution in [0.5, 0.6) is 0 Å². The Morgan fingerprint density at radius 1 is 1.36 bits per heavy atom. The minimum atomic E-state index is 0.273. The normalized spacial score (nSPS) is 28.9. The second kappa shape index (κ2) is 3.07. The molecule has 2 rings (SSSR count). The molecule has 14 heavy (non-hydrogen) atoms. The molecular formula is C12H16BrN. The lowest BCUT2D eigenvalue weighted by Gasteiger charge is -2.05. The van der Waals surface area contributed by atoms with E-state index in [0.717, 1.165) is 0 Å². The highest BCUT2D eigenvalue weighted by molar-refractivity contribution is 9.10. The summed E-state index contributed by atoms with van der Waals surface area (Å²) in [5.74, 6) is 0.527. The van der Waals surface area contributed by atoms with E-state index in [1.54, 1.807) is 0 Å². The monoisotopic (exact) mass is 253 g/mol. The van der Waals surface area contributed by atoms with E-state index in [-0.39, 0.29) is 5.41 Å². The van der Waals surface area contributed by atoms with Crippen molar-refractivity contribution in [1.29, 1.82) is 0 Å². The predicted octanol–water partition coefficient (Wildman–Crippen LogP) is 3.21. The molecular weight excluding hydrogens is 238 g/mol. The third kappa shape index (κ3) is 1.41. The standard InChI is InChI=1S/C12H16BrN/c1-7-4-5-8(6-9(7)13)10-11(14)12(10,2)3/h4-6,10-11H,14H2,1-3H3. The van der Waals surface area contributed by atoms with Crippen molar-refractivity contribution in [3.8, 4) is 0 Å². The maximum atomic E-state index is 6.05. The average molecular weight is 254 g/mol. The molecule has 1 fully saturated rings. The first-order chi connectivity index (χ1) is 6.44. The van der Waals surface area contributed by atoms with E-state index >= 15 is 0 Å². The summed E-state index contributed by atoms with van der Waals surface area (Å²) in [5, 5.41) is 0. The van der Waals surface area contributed by atoms with Crippen LogP contribution in [0.4, 0.5) is 0 Å². The molecule has 0 aliphatic heterocycles. The molecule has 0 saturated heterocycles. The first-order valence-electron chi connectivity index (χ1n) is 4.96. The van der Waals surface area contributed by atoms with Crippen LogP contribution in [0, 0.1) is 12.3 Å². The molecule has 1 aromatic rings. The molecule has 1 aliphatic rings. The fraction of sp³-hybridized carbons (Fsp3) is 0.500. The summed E-state index contributed by atoms with van der Waals surface area (Å²) in [7, 11) is 0. The van der Waals surface area contributed by atoms with E-state index in [4.69, 9.17) is 5.73 Å². The third-order valence-corrected chi connectivity index (χ3v) is 4.32. The summed E-state index contributed by atoms with van der Waals surface area (Å²) in [6.07, 6.45) is 0. The summed E-state index contributed by atoms with van der Waals surface area (Å²) in [4.78, 5) is 0. The van der Waals surface area contributed by atoms with Crippen LogP contribution in [0.3, 0.4) is 0 Å². The molecule has 0 radical (unpaired) electrons. The molecule has 0 bridgehead atoms. The Balaban J connectivity index is 2.32. The maximum Gasteiger partial charge on any atom is 0.0207 e. The zero-order valence-corrected chi connectivity index (χ0v) is 10.4. The number of aryl methyl sites for hydroxylation is 1. The van der Waals surface area contributed by atoms with Gasteiger partial charge >= 0.3 is 0 Å². The molecule has 1 saturated carbocycles. The lowest BCUT2D eigenvalue weighted by Crippen LogP contribution is -2.06. The largest absolute Gasteiger partial charge is 0.327 e. The molecule has 0 heterocycles. The highest BCUT2D eigenvalue weighted by Gasteiger charge is 2.56. The van der Waals surface area contributed by atoms with Crippen LogP contribution < -0.4 is 5.73 Å². The molecule has 2 N–H and O–H groups in total. The van der Waals surface area contributed by atoms with Gasteiger partial charge in [0, 0.05) is 16.4 Å². The average Bonchev–Trinajstić information content (AvgIpc) is 2.58. The molecule has 0 aromatic heterocycles. The van der Waals surface area contributed by atoms with Gasteiger partial charge in [0.2, 0.25) is 0 Å². The van der Waals surface area contributed by atoms with Crippen molar-refractivity contribution in [2.45, 2.75) is 32.7 Å². The van der Waals surface area contributed by atoms with E-state index in [9.17, 15) is 0 Å². The van der Waals surface area contributed by atoms with Crippen LogP contribution in [0.15, 0.2) is 22.7 Å². The lowest BCUT2D eigenvalue weighted by atomic mass is 10.0. The van der Waals surface area contributed by atoms with Crippen molar-refractivity contribution in [3.05, 3.63) is 33.8 Å². The van der Waals surface area contributed by atoms with Gasteiger partial charge in [0.15, 0.2) is 0 Å². The summed E-state index contributed by atoms with van der Waals surface area (Å²) in [6, 6.07) is 6.87. The number of rotatable bonds is 1. The molecule has 0 amide bonds. The molecule has 76 valence electrons. The van der Waals surface area contributed by atoms with Gasteiger partial charge in [-0.1, -0.05) is 41.9 Å². The zero-order valence-electron chi connectivity index (χ0n) is 8.84. The fourth-order valence-electron chi connectivity index (χ4n) is 2.12. The second-order valence-electron chi connectivity index (χ2n) is 4.83. The highest BCUT2D eigenvalue weighted by atomic mass is 79.9. The van der Waals surface area contributed by atoms with Crippen molar-refractivity contribution in [3.63, 3.8) is 0 Å². The SMILES string of the molecule is Cc1ccc(C2C(N)C2(C)C)cc1Br. The minimum Gasteiger partial charge on any atom is -0.327 e. The molecule has 1 aliphatic carbocycles. The highest BCUT2D eigenvalue weighted by Crippen LogP contribution is 2.57. The second-order valence-corrected chi connectivity index (χ2v) is 5.69. The number of nitrogens with two attached hydrogens (primary N) is 1. The summed E-state index contributed by atoms with van der Waals surface area (Å²) in [6.45, 7) is 6.57. The van der Waals surface area contributed by atoms with Gasteiger partial charge in [-0.15, -0.1) is 0 Å². The number of hydrogen-bond acceptors (Lipinski definition) is 1. The van der Waals surface area contributed by atoms with Gasteiger partial charge in [-0.3, -0.25) is 0 Å². The predicted molar refractivity (Wildman–Crippen MR) is 63.4 cm³/mol. The number of benzene rings is 1. The topological polar surface area (TPSA) is 26.0 Å². The molecule has 2 unspecified atom stereocenters. The van der Waals surface area contributed by atoms with Crippen LogP contribution in [0.2, 0.25) is 0 Å². The Kier molecular flexibility index (Phi) is 2.24. The molecule has 1 nitrogen and oxygen atoms in total. The summed E-state index contributed by atoms with van der Waals surface area (Å²) in [5.41, 5.74) is 8.96. The first kappa shape index (κ1) is 10.2. The van der Waals surface area contributed by atoms with Gasteiger partial charge in [0.1, 0.15) is 0 Å². The van der Waals surface area contributed by atoms with E-state index in [0.29, 0.717) is 12.0 Å². The molecule has 1 aromatic carbocycles. The summed E-state index contributed by atoms with van der Waals surface area (Å²) < 4.78 is 1.19. The molecule has 2 heteroatoms. The smallest absolute Gasteiger partial charge is 0.0207 e. The van der Waals surface area contributed by atoms with Crippen LogP contribution in [-0.4, -0.2) is 6.04 Å². The Hall–Kier alpha value is -0.340. The quantitative estimate of drug-likeness (QED) is 0.818. The first-order valence-corrected chi connectivity index (χ1v) is 5.75. The van der Waals surface area contributed by atoms with Crippen molar-refractivity contribution < 1.29 is 0 Å². The van der Waals surface area contributed by atoms with Crippen LogP contribution in [0.25, 0.3) is 0 Å². The molecule has 0 spiro atoms. The van der Waals surface area contributed by atoms with Crippen molar-refractivity contribution in [2.75, 3.05) is 0 Å². The Bertz CT molecular complexity index is 371. The van der Waals surface area contributed by atoms with Crippen molar-refractivity contribution in [2.24, 2.45) is 11.1 Å². The van der Waals surface area contributed by atoms with E-state index in [1.807, 2.05) is 0 Å². The van der Waals surface area contributed by atoms with Crippen LogP contribution >= 0.6 is 15.9 Å². The van der Waals surface area contributed by atoms with E-state index in [2.05, 4.69) is 54.9 Å². The zero-order chi connectivity index (χ0) is 10.5. The van der Waals surface area contributed by atoms with Gasteiger partial charge in [0.25, 0.3) is 0 Å². The van der Waals surface area contributed by atoms with E-state index < -0.39 is 0 Å². The Morgan fingerprint density at radius 2 is 1.93 bits per heavy atom. The third-order valence-electron chi connectivity index (χ3n) is 3.47.